The number of anilines is 1. The summed E-state index contributed by atoms with van der Waals surface area (Å²) in [7, 11) is 2.29. The van der Waals surface area contributed by atoms with Crippen molar-refractivity contribution in [1.82, 2.24) is 0 Å². The summed E-state index contributed by atoms with van der Waals surface area (Å²) in [6, 6.07) is 4.12. The average molecular weight is 434 g/mol. The van der Waals surface area contributed by atoms with Gasteiger partial charge in [-0.25, -0.2) is 9.59 Å². The molecule has 0 radical (unpaired) electrons. The predicted octanol–water partition coefficient (Wildman–Crippen LogP) is 2.72. The fraction of sp³-hybridized carbons (Fsp3) is 0.118. The Morgan fingerprint density at radius 3 is 2.44 bits per heavy atom. The Bertz CT molecular complexity index is 958. The van der Waals surface area contributed by atoms with E-state index in [0.29, 0.717) is 0 Å². The van der Waals surface area contributed by atoms with Gasteiger partial charge in [0.15, 0.2) is 0 Å². The fourth-order valence-corrected chi connectivity index (χ4v) is 3.00. The minimum atomic E-state index is -0.860. The monoisotopic (exact) mass is 433 g/mol. The maximum absolute atomic E-state index is 12.4. The molecule has 0 bridgehead atoms. The van der Waals surface area contributed by atoms with Crippen LogP contribution in [-0.4, -0.2) is 31.1 Å². The van der Waals surface area contributed by atoms with E-state index in [9.17, 15) is 25.0 Å². The first-order valence-corrected chi connectivity index (χ1v) is 8.08. The lowest BCUT2D eigenvalue weighted by Gasteiger charge is -2.24. The molecule has 138 valence electrons. The van der Waals surface area contributed by atoms with Gasteiger partial charge in [0.1, 0.15) is 11.8 Å². The molecular weight excluding hydrogens is 422 g/mol. The highest BCUT2D eigenvalue weighted by Crippen LogP contribution is 2.38. The van der Waals surface area contributed by atoms with Crippen LogP contribution in [0.3, 0.4) is 0 Å². The van der Waals surface area contributed by atoms with Crippen LogP contribution in [0.4, 0.5) is 11.4 Å². The number of carbonyl (C=O) groups excluding carboxylic acids is 2. The molecule has 0 amide bonds. The normalized spacial score (nSPS) is 13.0. The third kappa shape index (κ3) is 3.88. The van der Waals surface area contributed by atoms with E-state index in [4.69, 9.17) is 9.47 Å². The van der Waals surface area contributed by atoms with Gasteiger partial charge in [-0.15, -0.1) is 0 Å². The highest BCUT2D eigenvalue weighted by Gasteiger charge is 2.30. The maximum atomic E-state index is 12.4. The summed E-state index contributed by atoms with van der Waals surface area (Å²) in [5, 5.41) is 20.5. The second-order valence-electron chi connectivity index (χ2n) is 5.01. The van der Waals surface area contributed by atoms with Crippen molar-refractivity contribution < 1.29 is 24.0 Å². The molecule has 0 aromatic heterocycles. The van der Waals surface area contributed by atoms with Crippen molar-refractivity contribution in [3.8, 4) is 6.07 Å². The van der Waals surface area contributed by atoms with Crippen LogP contribution in [-0.2, 0) is 19.1 Å². The Balaban J connectivity index is 2.83. The molecule has 0 saturated carbocycles. The van der Waals surface area contributed by atoms with E-state index in [1.54, 1.807) is 0 Å². The van der Waals surface area contributed by atoms with Crippen molar-refractivity contribution in [3.63, 3.8) is 0 Å². The number of hydrogen-bond donors (Lipinski definition) is 0. The SMILES string of the molecule is COC(=O)C1=C(C(=O)OC)N(c2c(Br)cc([N+](=O)[O-])cc2C#N)C=CC=C1. The van der Waals surface area contributed by atoms with E-state index >= 15 is 0 Å². The van der Waals surface area contributed by atoms with Gasteiger partial charge in [0.2, 0.25) is 0 Å². The molecule has 9 nitrogen and oxygen atoms in total. The zero-order valence-electron chi connectivity index (χ0n) is 14.1. The molecule has 2 rings (SSSR count). The standard InChI is InChI=1S/C17H12BrN3O6/c1-26-16(22)12-5-3-4-6-20(15(12)17(23)27-2)14-10(9-19)7-11(21(24)25)8-13(14)18/h3-8H,1-2H3. The molecule has 0 spiro atoms. The summed E-state index contributed by atoms with van der Waals surface area (Å²) in [5.74, 6) is -1.65. The molecule has 27 heavy (non-hydrogen) atoms. The van der Waals surface area contributed by atoms with E-state index < -0.39 is 16.9 Å². The Morgan fingerprint density at radius 2 is 1.89 bits per heavy atom. The van der Waals surface area contributed by atoms with Gasteiger partial charge in [0.05, 0.1) is 36.0 Å². The number of rotatable bonds is 4. The summed E-state index contributed by atoms with van der Waals surface area (Å²) < 4.78 is 9.66. The number of methoxy groups -OCH3 is 2. The van der Waals surface area contributed by atoms with Crippen molar-refractivity contribution in [1.29, 1.82) is 5.26 Å². The van der Waals surface area contributed by atoms with Crippen LogP contribution >= 0.6 is 15.9 Å². The number of non-ortho nitro benzene ring substituents is 1. The predicted molar refractivity (Wildman–Crippen MR) is 97.3 cm³/mol. The topological polar surface area (TPSA) is 123 Å². The van der Waals surface area contributed by atoms with Crippen LogP contribution in [0.15, 0.2) is 52.3 Å². The minimum absolute atomic E-state index is 0.0896. The molecule has 1 aliphatic rings. The Hall–Kier alpha value is -3.45. The van der Waals surface area contributed by atoms with Crippen LogP contribution in [0.1, 0.15) is 5.56 Å². The van der Waals surface area contributed by atoms with Crippen molar-refractivity contribution >= 4 is 39.2 Å². The molecule has 1 aliphatic heterocycles. The van der Waals surface area contributed by atoms with Crippen molar-refractivity contribution in [3.05, 3.63) is 68.0 Å². The number of hydrogen-bond acceptors (Lipinski definition) is 8. The molecule has 0 fully saturated rings. The van der Waals surface area contributed by atoms with Crippen molar-refractivity contribution in [2.45, 2.75) is 0 Å². The van der Waals surface area contributed by atoms with E-state index in [0.717, 1.165) is 20.3 Å². The summed E-state index contributed by atoms with van der Waals surface area (Å²) in [4.78, 5) is 36.2. The number of halogens is 1. The molecule has 1 heterocycles. The lowest BCUT2D eigenvalue weighted by Crippen LogP contribution is -2.27. The van der Waals surface area contributed by atoms with Crippen molar-refractivity contribution in [2.24, 2.45) is 0 Å². The zero-order chi connectivity index (χ0) is 20.1. The van der Waals surface area contributed by atoms with Crippen molar-refractivity contribution in [2.75, 3.05) is 19.1 Å². The average Bonchev–Trinajstić information content (AvgIpc) is 2.88. The second kappa shape index (κ2) is 8.29. The van der Waals surface area contributed by atoms with Gasteiger partial charge in [-0.3, -0.25) is 10.1 Å². The highest BCUT2D eigenvalue weighted by atomic mass is 79.9. The number of ether oxygens (including phenoxy) is 2. The quantitative estimate of drug-likeness (QED) is 0.403. The zero-order valence-corrected chi connectivity index (χ0v) is 15.7. The van der Waals surface area contributed by atoms with Crippen LogP contribution in [0.5, 0.6) is 0 Å². The molecule has 0 unspecified atom stereocenters. The molecule has 0 atom stereocenters. The van der Waals surface area contributed by atoms with E-state index in [1.807, 2.05) is 6.07 Å². The van der Waals surface area contributed by atoms with Crippen LogP contribution in [0, 0.1) is 21.4 Å². The molecule has 1 aromatic carbocycles. The number of esters is 2. The van der Waals surface area contributed by atoms with Gasteiger partial charge in [-0.05, 0) is 28.1 Å². The lowest BCUT2D eigenvalue weighted by molar-refractivity contribution is -0.384. The van der Waals surface area contributed by atoms with E-state index in [2.05, 4.69) is 15.9 Å². The van der Waals surface area contributed by atoms with Crippen LogP contribution in [0.25, 0.3) is 0 Å². The largest absolute Gasteiger partial charge is 0.465 e. The number of carbonyl (C=O) groups is 2. The first-order valence-electron chi connectivity index (χ1n) is 7.28. The molecule has 1 aromatic rings. The van der Waals surface area contributed by atoms with Crippen LogP contribution < -0.4 is 4.90 Å². The molecule has 0 N–H and O–H groups in total. The van der Waals surface area contributed by atoms with Gasteiger partial charge in [-0.1, -0.05) is 6.08 Å². The Morgan fingerprint density at radius 1 is 1.22 bits per heavy atom. The third-order valence-corrected chi connectivity index (χ3v) is 4.11. The van der Waals surface area contributed by atoms with Gasteiger partial charge in [-0.2, -0.15) is 5.26 Å². The number of benzene rings is 1. The second-order valence-corrected chi connectivity index (χ2v) is 5.86. The minimum Gasteiger partial charge on any atom is -0.465 e. The summed E-state index contributed by atoms with van der Waals surface area (Å²) in [6.45, 7) is 0. The Kier molecular flexibility index (Phi) is 6.10. The molecule has 0 saturated heterocycles. The first-order chi connectivity index (χ1) is 12.8. The van der Waals surface area contributed by atoms with Gasteiger partial charge >= 0.3 is 11.9 Å². The summed E-state index contributed by atoms with van der Waals surface area (Å²) in [6.07, 6.45) is 5.81. The lowest BCUT2D eigenvalue weighted by atomic mass is 10.1. The van der Waals surface area contributed by atoms with Gasteiger partial charge in [0.25, 0.3) is 5.69 Å². The number of nitro benzene ring substituents is 1. The third-order valence-electron chi connectivity index (χ3n) is 3.51. The number of nitro groups is 1. The Labute approximate surface area is 162 Å². The molecule has 10 heteroatoms. The number of allylic oxidation sites excluding steroid dienone is 2. The van der Waals surface area contributed by atoms with Gasteiger partial charge in [0, 0.05) is 22.8 Å². The number of nitriles is 1. The van der Waals surface area contributed by atoms with E-state index in [-0.39, 0.29) is 32.7 Å². The van der Waals surface area contributed by atoms with Crippen LogP contribution in [0.2, 0.25) is 0 Å². The summed E-state index contributed by atoms with van der Waals surface area (Å²) >= 11 is 3.20. The molecule has 0 aliphatic carbocycles. The molecular formula is C17H12BrN3O6. The van der Waals surface area contributed by atoms with E-state index in [1.165, 1.54) is 35.4 Å². The first kappa shape index (κ1) is 19.9. The highest BCUT2D eigenvalue weighted by molar-refractivity contribution is 9.10. The number of nitrogens with zero attached hydrogens (tertiary/aromatic N) is 3. The fourth-order valence-electron chi connectivity index (χ4n) is 2.36. The smallest absolute Gasteiger partial charge is 0.355 e. The summed E-state index contributed by atoms with van der Waals surface area (Å²) in [5.41, 5.74) is -0.585. The van der Waals surface area contributed by atoms with Gasteiger partial charge < -0.3 is 14.4 Å². The maximum Gasteiger partial charge on any atom is 0.355 e.